The number of nitrogen functional groups attached to an aromatic ring is 1. The fraction of sp³-hybridized carbons (Fsp3) is 0.143. The van der Waals surface area contributed by atoms with Crippen molar-refractivity contribution in [2.45, 2.75) is 12.1 Å². The number of aliphatic hydroxyl groups is 1. The Balaban J connectivity index is 2.21. The minimum Gasteiger partial charge on any atom is -0.399 e. The molecule has 5 N–H and O–H groups in total. The lowest BCUT2D eigenvalue weighted by molar-refractivity contribution is 0.0439. The highest BCUT2D eigenvalue weighted by Gasteiger charge is 2.23. The highest BCUT2D eigenvalue weighted by Crippen LogP contribution is 2.21. The average molecular weight is 228 g/mol. The Labute approximate surface area is 101 Å². The van der Waals surface area contributed by atoms with Gasteiger partial charge in [-0.3, -0.25) is 5.73 Å². The largest absolute Gasteiger partial charge is 0.399 e. The smallest absolute Gasteiger partial charge is 0.143 e. The molecule has 2 aromatic carbocycles. The Morgan fingerprint density at radius 1 is 0.941 bits per heavy atom. The van der Waals surface area contributed by atoms with Gasteiger partial charge in [0.2, 0.25) is 0 Å². The summed E-state index contributed by atoms with van der Waals surface area (Å²) in [5, 5.41) is 10.3. The Hall–Kier alpha value is -1.84. The van der Waals surface area contributed by atoms with Gasteiger partial charge in [0.1, 0.15) is 5.72 Å². The first-order valence-electron chi connectivity index (χ1n) is 5.49. The van der Waals surface area contributed by atoms with Crippen LogP contribution in [0, 0.1) is 0 Å². The highest BCUT2D eigenvalue weighted by molar-refractivity contribution is 5.41. The third-order valence-electron chi connectivity index (χ3n) is 2.73. The Morgan fingerprint density at radius 2 is 1.53 bits per heavy atom. The molecule has 88 valence electrons. The molecule has 2 aromatic rings. The lowest BCUT2D eigenvalue weighted by Crippen LogP contribution is -2.38. The summed E-state index contributed by atoms with van der Waals surface area (Å²) in [7, 11) is 0. The van der Waals surface area contributed by atoms with Crippen molar-refractivity contribution in [3.05, 3.63) is 65.7 Å². The molecular weight excluding hydrogens is 212 g/mol. The van der Waals surface area contributed by atoms with Gasteiger partial charge in [-0.2, -0.15) is 0 Å². The van der Waals surface area contributed by atoms with Crippen LogP contribution in [0.25, 0.3) is 0 Å². The van der Waals surface area contributed by atoms with E-state index in [1.54, 1.807) is 24.3 Å². The zero-order valence-corrected chi connectivity index (χ0v) is 9.51. The van der Waals surface area contributed by atoms with Crippen molar-refractivity contribution >= 4 is 5.69 Å². The van der Waals surface area contributed by atoms with Crippen LogP contribution in [-0.4, -0.2) is 5.11 Å². The predicted molar refractivity (Wildman–Crippen MR) is 69.1 cm³/mol. The third kappa shape index (κ3) is 2.84. The molecule has 0 heterocycles. The molecule has 1 atom stereocenters. The van der Waals surface area contributed by atoms with E-state index < -0.39 is 5.72 Å². The van der Waals surface area contributed by atoms with Crippen LogP contribution in [-0.2, 0) is 12.1 Å². The molecule has 0 aliphatic rings. The molecule has 0 bridgehead atoms. The van der Waals surface area contributed by atoms with Crippen molar-refractivity contribution in [2.24, 2.45) is 5.73 Å². The van der Waals surface area contributed by atoms with Crippen molar-refractivity contribution < 1.29 is 5.11 Å². The van der Waals surface area contributed by atoms with Crippen molar-refractivity contribution in [3.63, 3.8) is 0 Å². The minimum atomic E-state index is -1.37. The van der Waals surface area contributed by atoms with Gasteiger partial charge in [0.25, 0.3) is 0 Å². The average Bonchev–Trinajstić information content (AvgIpc) is 2.30. The molecule has 0 aliphatic carbocycles. The normalized spacial score (nSPS) is 14.2. The molecule has 0 amide bonds. The summed E-state index contributed by atoms with van der Waals surface area (Å²) in [5.74, 6) is 0. The molecule has 2 rings (SSSR count). The van der Waals surface area contributed by atoms with Crippen LogP contribution in [0.15, 0.2) is 54.6 Å². The van der Waals surface area contributed by atoms with Crippen LogP contribution in [0.2, 0.25) is 0 Å². The minimum absolute atomic E-state index is 0.373. The first kappa shape index (κ1) is 11.6. The number of hydrogen-bond donors (Lipinski definition) is 3. The van der Waals surface area contributed by atoms with E-state index in [4.69, 9.17) is 11.5 Å². The standard InChI is InChI=1S/C14H16N2O/c15-13-8-6-12(7-9-13)14(16,17)10-11-4-2-1-3-5-11/h1-9,17H,10,15-16H2. The fourth-order valence-corrected chi connectivity index (χ4v) is 1.78. The summed E-state index contributed by atoms with van der Waals surface area (Å²) in [6.07, 6.45) is 0.373. The molecular formula is C14H16N2O. The van der Waals surface area contributed by atoms with E-state index >= 15 is 0 Å². The molecule has 0 saturated carbocycles. The van der Waals surface area contributed by atoms with E-state index in [1.807, 2.05) is 30.3 Å². The van der Waals surface area contributed by atoms with Gasteiger partial charge in [0.05, 0.1) is 0 Å². The monoisotopic (exact) mass is 228 g/mol. The predicted octanol–water partition coefficient (Wildman–Crippen LogP) is 1.62. The molecule has 0 aromatic heterocycles. The summed E-state index contributed by atoms with van der Waals surface area (Å²) in [5.41, 5.74) is 12.5. The zero-order valence-electron chi connectivity index (χ0n) is 9.51. The van der Waals surface area contributed by atoms with E-state index in [-0.39, 0.29) is 0 Å². The first-order chi connectivity index (χ1) is 8.08. The molecule has 3 heteroatoms. The molecule has 0 fully saturated rings. The van der Waals surface area contributed by atoms with Crippen molar-refractivity contribution in [1.82, 2.24) is 0 Å². The van der Waals surface area contributed by atoms with Gasteiger partial charge >= 0.3 is 0 Å². The summed E-state index contributed by atoms with van der Waals surface area (Å²) in [6.45, 7) is 0. The third-order valence-corrected chi connectivity index (χ3v) is 2.73. The van der Waals surface area contributed by atoms with Crippen molar-refractivity contribution in [2.75, 3.05) is 5.73 Å². The van der Waals surface area contributed by atoms with Crippen molar-refractivity contribution in [3.8, 4) is 0 Å². The van der Waals surface area contributed by atoms with Crippen LogP contribution < -0.4 is 11.5 Å². The SMILES string of the molecule is Nc1ccc(C(N)(O)Cc2ccccc2)cc1. The van der Waals surface area contributed by atoms with E-state index in [1.165, 1.54) is 0 Å². The number of hydrogen-bond acceptors (Lipinski definition) is 3. The molecule has 17 heavy (non-hydrogen) atoms. The second-order valence-electron chi connectivity index (χ2n) is 4.21. The second-order valence-corrected chi connectivity index (χ2v) is 4.21. The summed E-state index contributed by atoms with van der Waals surface area (Å²) in [6, 6.07) is 16.6. The topological polar surface area (TPSA) is 72.3 Å². The fourth-order valence-electron chi connectivity index (χ4n) is 1.78. The van der Waals surface area contributed by atoms with Crippen LogP contribution in [0.4, 0.5) is 5.69 Å². The van der Waals surface area contributed by atoms with Crippen LogP contribution in [0.5, 0.6) is 0 Å². The van der Waals surface area contributed by atoms with E-state index in [0.717, 1.165) is 5.56 Å². The lowest BCUT2D eigenvalue weighted by atomic mass is 9.96. The van der Waals surface area contributed by atoms with Gasteiger partial charge in [0, 0.05) is 12.1 Å². The molecule has 0 spiro atoms. The number of nitrogens with two attached hydrogens (primary N) is 2. The van der Waals surface area contributed by atoms with Crippen LogP contribution in [0.3, 0.4) is 0 Å². The maximum atomic E-state index is 10.3. The number of rotatable bonds is 3. The van der Waals surface area contributed by atoms with E-state index in [2.05, 4.69) is 0 Å². The van der Waals surface area contributed by atoms with Gasteiger partial charge in [0.15, 0.2) is 0 Å². The number of anilines is 1. The van der Waals surface area contributed by atoms with Crippen LogP contribution >= 0.6 is 0 Å². The molecule has 3 nitrogen and oxygen atoms in total. The van der Waals surface area contributed by atoms with Crippen LogP contribution in [0.1, 0.15) is 11.1 Å². The summed E-state index contributed by atoms with van der Waals surface area (Å²) < 4.78 is 0. The van der Waals surface area contributed by atoms with E-state index in [9.17, 15) is 5.11 Å². The van der Waals surface area contributed by atoms with Gasteiger partial charge < -0.3 is 10.8 Å². The Kier molecular flexibility index (Phi) is 3.13. The van der Waals surface area contributed by atoms with Gasteiger partial charge in [-0.1, -0.05) is 42.5 Å². The zero-order chi connectivity index (χ0) is 12.3. The highest BCUT2D eigenvalue weighted by atomic mass is 16.3. The molecule has 1 unspecified atom stereocenters. The van der Waals surface area contributed by atoms with E-state index in [0.29, 0.717) is 17.7 Å². The summed E-state index contributed by atoms with van der Waals surface area (Å²) >= 11 is 0. The van der Waals surface area contributed by atoms with Gasteiger partial charge in [-0.05, 0) is 23.3 Å². The molecule has 0 aliphatic heterocycles. The molecule has 0 saturated heterocycles. The summed E-state index contributed by atoms with van der Waals surface area (Å²) in [4.78, 5) is 0. The maximum absolute atomic E-state index is 10.3. The lowest BCUT2D eigenvalue weighted by Gasteiger charge is -2.24. The Morgan fingerprint density at radius 3 is 2.12 bits per heavy atom. The Bertz CT molecular complexity index is 477. The second kappa shape index (κ2) is 4.57. The first-order valence-corrected chi connectivity index (χ1v) is 5.49. The maximum Gasteiger partial charge on any atom is 0.143 e. The van der Waals surface area contributed by atoms with Gasteiger partial charge in [-0.15, -0.1) is 0 Å². The molecule has 0 radical (unpaired) electrons. The van der Waals surface area contributed by atoms with Gasteiger partial charge in [-0.25, -0.2) is 0 Å². The van der Waals surface area contributed by atoms with Crippen molar-refractivity contribution in [1.29, 1.82) is 0 Å². The quantitative estimate of drug-likeness (QED) is 0.552. The number of benzene rings is 2.